The van der Waals surface area contributed by atoms with Crippen LogP contribution >= 0.6 is 0 Å². The van der Waals surface area contributed by atoms with Crippen LogP contribution in [-0.4, -0.2) is 34.9 Å². The van der Waals surface area contributed by atoms with E-state index in [0.29, 0.717) is 11.9 Å². The average Bonchev–Trinajstić information content (AvgIpc) is 2.95. The van der Waals surface area contributed by atoms with Crippen molar-refractivity contribution < 1.29 is 9.18 Å². The van der Waals surface area contributed by atoms with E-state index in [1.54, 1.807) is 12.3 Å². The molecular formula is C16H18FN3O. The van der Waals surface area contributed by atoms with Crippen molar-refractivity contribution in [3.05, 3.63) is 36.3 Å². The van der Waals surface area contributed by atoms with Crippen molar-refractivity contribution in [2.45, 2.75) is 25.8 Å². The van der Waals surface area contributed by atoms with Crippen LogP contribution in [0.15, 0.2) is 30.5 Å². The first-order valence-electron chi connectivity index (χ1n) is 7.26. The zero-order valence-electron chi connectivity index (χ0n) is 12.0. The van der Waals surface area contributed by atoms with E-state index < -0.39 is 0 Å². The number of nitrogens with one attached hydrogen (secondary N) is 1. The van der Waals surface area contributed by atoms with Crippen LogP contribution in [0.2, 0.25) is 0 Å². The maximum Gasteiger partial charge on any atom is 0.222 e. The maximum absolute atomic E-state index is 13.2. The van der Waals surface area contributed by atoms with E-state index in [1.807, 2.05) is 17.9 Å². The highest BCUT2D eigenvalue weighted by Crippen LogP contribution is 2.24. The lowest BCUT2D eigenvalue weighted by Crippen LogP contribution is -2.30. The van der Waals surface area contributed by atoms with Crippen LogP contribution in [0.1, 0.15) is 19.8 Å². The van der Waals surface area contributed by atoms with Crippen LogP contribution in [0.3, 0.4) is 0 Å². The number of carbonyl (C=O) groups excluding carboxylic acids is 1. The Balaban J connectivity index is 1.78. The number of halogens is 1. The topological polar surface area (TPSA) is 45.2 Å². The third-order valence-corrected chi connectivity index (χ3v) is 3.91. The number of pyridine rings is 1. The Morgan fingerprint density at radius 1 is 1.48 bits per heavy atom. The first-order valence-corrected chi connectivity index (χ1v) is 7.26. The number of carbonyl (C=O) groups is 1. The summed E-state index contributed by atoms with van der Waals surface area (Å²) in [6, 6.07) is 6.74. The molecule has 0 radical (unpaired) electrons. The van der Waals surface area contributed by atoms with Gasteiger partial charge in [0.25, 0.3) is 0 Å². The van der Waals surface area contributed by atoms with Gasteiger partial charge in [-0.3, -0.25) is 9.78 Å². The van der Waals surface area contributed by atoms with Gasteiger partial charge in [-0.25, -0.2) is 4.39 Å². The maximum atomic E-state index is 13.2. The summed E-state index contributed by atoms with van der Waals surface area (Å²) in [6.07, 6.45) is 3.15. The molecule has 0 saturated carbocycles. The van der Waals surface area contributed by atoms with Crippen molar-refractivity contribution in [2.24, 2.45) is 0 Å². The van der Waals surface area contributed by atoms with Crippen molar-refractivity contribution in [1.29, 1.82) is 0 Å². The molecule has 1 unspecified atom stereocenters. The fraction of sp³-hybridized carbons (Fsp3) is 0.375. The number of hydrogen-bond donors (Lipinski definition) is 1. The molecule has 1 aliphatic rings. The quantitative estimate of drug-likeness (QED) is 0.944. The fourth-order valence-electron chi connectivity index (χ4n) is 2.80. The van der Waals surface area contributed by atoms with Gasteiger partial charge in [0, 0.05) is 48.9 Å². The number of amides is 1. The molecule has 4 nitrogen and oxygen atoms in total. The molecule has 1 atom stereocenters. The number of benzene rings is 1. The second-order valence-corrected chi connectivity index (χ2v) is 5.34. The number of fused-ring (bicyclic) bond motifs is 1. The first-order chi connectivity index (χ1) is 10.2. The summed E-state index contributed by atoms with van der Waals surface area (Å²) in [5.41, 5.74) is 1.58. The Labute approximate surface area is 123 Å². The van der Waals surface area contributed by atoms with Crippen molar-refractivity contribution >= 4 is 22.5 Å². The van der Waals surface area contributed by atoms with Gasteiger partial charge in [0.15, 0.2) is 0 Å². The summed E-state index contributed by atoms with van der Waals surface area (Å²) < 4.78 is 13.2. The van der Waals surface area contributed by atoms with E-state index in [4.69, 9.17) is 0 Å². The number of rotatable bonds is 3. The molecule has 21 heavy (non-hydrogen) atoms. The number of hydrogen-bond acceptors (Lipinski definition) is 3. The average molecular weight is 287 g/mol. The smallest absolute Gasteiger partial charge is 0.222 e. The minimum Gasteiger partial charge on any atom is -0.380 e. The van der Waals surface area contributed by atoms with E-state index in [9.17, 15) is 9.18 Å². The number of likely N-dealkylation sites (tertiary alicyclic amines) is 1. The summed E-state index contributed by atoms with van der Waals surface area (Å²) in [5.74, 6) is -0.0892. The molecule has 2 heterocycles. The molecule has 1 aromatic carbocycles. The van der Waals surface area contributed by atoms with Gasteiger partial charge < -0.3 is 10.2 Å². The van der Waals surface area contributed by atoms with Crippen molar-refractivity contribution in [3.8, 4) is 0 Å². The molecule has 1 saturated heterocycles. The van der Waals surface area contributed by atoms with E-state index in [-0.39, 0.29) is 17.8 Å². The highest BCUT2D eigenvalue weighted by atomic mass is 19.1. The van der Waals surface area contributed by atoms with Gasteiger partial charge in [-0.15, -0.1) is 0 Å². The van der Waals surface area contributed by atoms with Crippen molar-refractivity contribution in [1.82, 2.24) is 9.88 Å². The number of anilines is 1. The van der Waals surface area contributed by atoms with Crippen LogP contribution in [0.4, 0.5) is 10.1 Å². The molecule has 1 aliphatic heterocycles. The molecule has 5 heteroatoms. The van der Waals surface area contributed by atoms with Crippen LogP contribution in [0, 0.1) is 5.82 Å². The SMILES string of the molecule is CCC(=O)N1CCC(Nc2ccnc3cc(F)ccc23)C1. The Hall–Kier alpha value is -2.17. The minimum absolute atomic E-state index is 0.195. The Bertz CT molecular complexity index is 674. The largest absolute Gasteiger partial charge is 0.380 e. The highest BCUT2D eigenvalue weighted by Gasteiger charge is 2.25. The number of nitrogens with zero attached hydrogens (tertiary/aromatic N) is 2. The predicted molar refractivity (Wildman–Crippen MR) is 80.6 cm³/mol. The normalized spacial score (nSPS) is 18.2. The summed E-state index contributed by atoms with van der Waals surface area (Å²) in [6.45, 7) is 3.40. The van der Waals surface area contributed by atoms with Gasteiger partial charge in [0.1, 0.15) is 5.82 Å². The molecule has 2 aromatic rings. The third kappa shape index (κ3) is 2.82. The minimum atomic E-state index is -0.285. The molecule has 3 rings (SSSR count). The lowest BCUT2D eigenvalue weighted by atomic mass is 10.1. The third-order valence-electron chi connectivity index (χ3n) is 3.91. The van der Waals surface area contributed by atoms with Crippen LogP contribution < -0.4 is 5.32 Å². The lowest BCUT2D eigenvalue weighted by molar-refractivity contribution is -0.129. The molecule has 1 amide bonds. The van der Waals surface area contributed by atoms with Crippen LogP contribution in [0.25, 0.3) is 10.9 Å². The van der Waals surface area contributed by atoms with E-state index in [1.165, 1.54) is 12.1 Å². The molecule has 0 bridgehead atoms. The second-order valence-electron chi connectivity index (χ2n) is 5.34. The lowest BCUT2D eigenvalue weighted by Gasteiger charge is -2.18. The number of aromatic nitrogens is 1. The van der Waals surface area contributed by atoms with E-state index in [0.717, 1.165) is 30.6 Å². The van der Waals surface area contributed by atoms with Gasteiger partial charge in [-0.2, -0.15) is 0 Å². The molecule has 0 spiro atoms. The van der Waals surface area contributed by atoms with Gasteiger partial charge in [-0.1, -0.05) is 6.92 Å². The zero-order chi connectivity index (χ0) is 14.8. The van der Waals surface area contributed by atoms with Crippen LogP contribution in [0.5, 0.6) is 0 Å². The summed E-state index contributed by atoms with van der Waals surface area (Å²) in [5, 5.41) is 4.36. The van der Waals surface area contributed by atoms with E-state index in [2.05, 4.69) is 10.3 Å². The highest BCUT2D eigenvalue weighted by molar-refractivity contribution is 5.91. The standard InChI is InChI=1S/C16H18FN3O/c1-2-16(21)20-8-6-12(10-20)19-14-5-7-18-15-9-11(17)3-4-13(14)15/h3-5,7,9,12H,2,6,8,10H2,1H3,(H,18,19). The first kappa shape index (κ1) is 13.8. The van der Waals surface area contributed by atoms with Crippen LogP contribution in [-0.2, 0) is 4.79 Å². The van der Waals surface area contributed by atoms with Gasteiger partial charge >= 0.3 is 0 Å². The predicted octanol–water partition coefficient (Wildman–Crippen LogP) is 2.80. The van der Waals surface area contributed by atoms with Gasteiger partial charge in [0.2, 0.25) is 5.91 Å². The second kappa shape index (κ2) is 5.68. The molecule has 0 aliphatic carbocycles. The Morgan fingerprint density at radius 3 is 3.14 bits per heavy atom. The molecule has 1 fully saturated rings. The van der Waals surface area contributed by atoms with E-state index >= 15 is 0 Å². The molecule has 1 N–H and O–H groups in total. The molecular weight excluding hydrogens is 269 g/mol. The Morgan fingerprint density at radius 2 is 2.33 bits per heavy atom. The zero-order valence-corrected chi connectivity index (χ0v) is 12.0. The summed E-state index contributed by atoms with van der Waals surface area (Å²) >= 11 is 0. The summed E-state index contributed by atoms with van der Waals surface area (Å²) in [7, 11) is 0. The van der Waals surface area contributed by atoms with Crippen molar-refractivity contribution in [3.63, 3.8) is 0 Å². The van der Waals surface area contributed by atoms with Crippen molar-refractivity contribution in [2.75, 3.05) is 18.4 Å². The van der Waals surface area contributed by atoms with Gasteiger partial charge in [0.05, 0.1) is 5.52 Å². The summed E-state index contributed by atoms with van der Waals surface area (Å²) in [4.78, 5) is 17.8. The fourth-order valence-corrected chi connectivity index (χ4v) is 2.80. The molecule has 110 valence electrons. The molecule has 1 aromatic heterocycles. The monoisotopic (exact) mass is 287 g/mol. The van der Waals surface area contributed by atoms with Gasteiger partial charge in [-0.05, 0) is 24.6 Å². The Kier molecular flexibility index (Phi) is 3.73.